The standard InChI is InChI=1S/C60H48N4/c1-58(2)33-34-59(3,4)52-38-54-48(37-51(52)58)47-28-15-17-30-53(47)64(54)44-26-18-21-40(35-44)56-61-55(39-19-8-5-9-20-39)62-57(63-56)41-31-32-46-45-27-14-16-29-49(45)60(50(46)36-41,42-22-10-6-11-23-42)43-24-12-7-13-25-43/h5-32,35-38H,33-34H2,1-4H3. The summed E-state index contributed by atoms with van der Waals surface area (Å²) in [7, 11) is 0. The minimum atomic E-state index is -0.538. The van der Waals surface area contributed by atoms with Gasteiger partial charge in [-0.3, -0.25) is 0 Å². The molecule has 4 heteroatoms. The van der Waals surface area contributed by atoms with Crippen LogP contribution in [0.2, 0.25) is 0 Å². The van der Waals surface area contributed by atoms with Gasteiger partial charge in [0.25, 0.3) is 0 Å². The van der Waals surface area contributed by atoms with Crippen LogP contribution in [0, 0.1) is 0 Å². The van der Waals surface area contributed by atoms with Crippen molar-refractivity contribution >= 4 is 21.8 Å². The van der Waals surface area contributed by atoms with Crippen molar-refractivity contribution in [2.45, 2.75) is 56.8 Å². The van der Waals surface area contributed by atoms with Crippen LogP contribution in [0.3, 0.4) is 0 Å². The number of aromatic nitrogens is 4. The second-order valence-corrected chi connectivity index (χ2v) is 19.0. The van der Waals surface area contributed by atoms with Crippen molar-refractivity contribution in [1.29, 1.82) is 0 Å². The summed E-state index contributed by atoms with van der Waals surface area (Å²) in [5.74, 6) is 1.91. The van der Waals surface area contributed by atoms with E-state index in [1.165, 1.54) is 72.7 Å². The summed E-state index contributed by atoms with van der Waals surface area (Å²) in [6.07, 6.45) is 2.34. The minimum absolute atomic E-state index is 0.0828. The summed E-state index contributed by atoms with van der Waals surface area (Å²) in [4.78, 5) is 15.9. The second-order valence-electron chi connectivity index (χ2n) is 19.0. The quantitative estimate of drug-likeness (QED) is 0.168. The van der Waals surface area contributed by atoms with E-state index in [1.807, 2.05) is 18.2 Å². The van der Waals surface area contributed by atoms with E-state index in [9.17, 15) is 0 Å². The smallest absolute Gasteiger partial charge is 0.164 e. The van der Waals surface area contributed by atoms with E-state index in [0.717, 1.165) is 28.8 Å². The van der Waals surface area contributed by atoms with Crippen LogP contribution in [0.25, 0.3) is 72.8 Å². The van der Waals surface area contributed by atoms with Crippen molar-refractivity contribution in [3.05, 3.63) is 228 Å². The average molecular weight is 825 g/mol. The third-order valence-corrected chi connectivity index (χ3v) is 14.4. The van der Waals surface area contributed by atoms with E-state index in [4.69, 9.17) is 15.0 Å². The normalized spacial score (nSPS) is 15.4. The lowest BCUT2D eigenvalue weighted by atomic mass is 9.63. The predicted octanol–water partition coefficient (Wildman–Crippen LogP) is 14.7. The molecule has 0 radical (unpaired) electrons. The van der Waals surface area contributed by atoms with Crippen LogP contribution in [0.15, 0.2) is 194 Å². The van der Waals surface area contributed by atoms with E-state index < -0.39 is 5.41 Å². The van der Waals surface area contributed by atoms with Crippen molar-refractivity contribution < 1.29 is 0 Å². The Labute approximate surface area is 375 Å². The maximum Gasteiger partial charge on any atom is 0.164 e. The fraction of sp³-hybridized carbons (Fsp3) is 0.150. The topological polar surface area (TPSA) is 43.6 Å². The number of fused-ring (bicyclic) bond motifs is 7. The van der Waals surface area contributed by atoms with Crippen molar-refractivity contribution in [3.8, 4) is 51.0 Å². The maximum absolute atomic E-state index is 5.38. The van der Waals surface area contributed by atoms with Crippen molar-refractivity contribution in [2.75, 3.05) is 0 Å². The van der Waals surface area contributed by atoms with Gasteiger partial charge in [-0.15, -0.1) is 0 Å². The second kappa shape index (κ2) is 14.3. The molecule has 0 bridgehead atoms. The Morgan fingerprint density at radius 2 is 0.906 bits per heavy atom. The molecule has 2 heterocycles. The Balaban J connectivity index is 1.06. The molecule has 0 N–H and O–H groups in total. The number of hydrogen-bond acceptors (Lipinski definition) is 3. The van der Waals surface area contributed by atoms with Crippen LogP contribution < -0.4 is 0 Å². The molecule has 2 aliphatic rings. The van der Waals surface area contributed by atoms with Crippen LogP contribution in [-0.2, 0) is 16.2 Å². The summed E-state index contributed by atoms with van der Waals surface area (Å²) in [6.45, 7) is 9.64. The maximum atomic E-state index is 5.38. The van der Waals surface area contributed by atoms with Gasteiger partial charge in [-0.05, 0) is 105 Å². The Hall–Kier alpha value is -7.43. The Bertz CT molecular complexity index is 3400. The minimum Gasteiger partial charge on any atom is -0.309 e. The van der Waals surface area contributed by atoms with Gasteiger partial charge in [0.2, 0.25) is 0 Å². The van der Waals surface area contributed by atoms with Crippen molar-refractivity contribution in [2.24, 2.45) is 0 Å². The molecule has 0 spiro atoms. The molecule has 2 aliphatic carbocycles. The van der Waals surface area contributed by atoms with E-state index in [2.05, 4.69) is 208 Å². The highest BCUT2D eigenvalue weighted by molar-refractivity contribution is 6.10. The number of benzene rings is 8. The Morgan fingerprint density at radius 1 is 0.375 bits per heavy atom. The molecule has 0 saturated carbocycles. The van der Waals surface area contributed by atoms with E-state index >= 15 is 0 Å². The summed E-state index contributed by atoms with van der Waals surface area (Å²) < 4.78 is 2.44. The molecule has 0 fully saturated rings. The van der Waals surface area contributed by atoms with Gasteiger partial charge in [0.05, 0.1) is 16.4 Å². The van der Waals surface area contributed by atoms with Gasteiger partial charge in [-0.2, -0.15) is 0 Å². The average Bonchev–Trinajstić information content (AvgIpc) is 3.83. The molecule has 0 amide bonds. The highest BCUT2D eigenvalue weighted by Crippen LogP contribution is 2.57. The third-order valence-electron chi connectivity index (χ3n) is 14.4. The lowest BCUT2D eigenvalue weighted by molar-refractivity contribution is 0.332. The molecule has 64 heavy (non-hydrogen) atoms. The molecule has 0 atom stereocenters. The van der Waals surface area contributed by atoms with Crippen LogP contribution >= 0.6 is 0 Å². The molecular formula is C60H48N4. The lowest BCUT2D eigenvalue weighted by Gasteiger charge is -2.42. The summed E-state index contributed by atoms with van der Waals surface area (Å²) >= 11 is 0. The fourth-order valence-corrected chi connectivity index (χ4v) is 11.0. The molecule has 0 unspecified atom stereocenters. The largest absolute Gasteiger partial charge is 0.309 e. The van der Waals surface area contributed by atoms with E-state index in [0.29, 0.717) is 17.5 Å². The number of hydrogen-bond donors (Lipinski definition) is 0. The van der Waals surface area contributed by atoms with Crippen LogP contribution in [0.5, 0.6) is 0 Å². The summed E-state index contributed by atoms with van der Waals surface area (Å²) in [6, 6.07) is 70.4. The van der Waals surface area contributed by atoms with Gasteiger partial charge in [-0.25, -0.2) is 15.0 Å². The van der Waals surface area contributed by atoms with Crippen LogP contribution in [-0.4, -0.2) is 19.5 Å². The third kappa shape index (κ3) is 5.78. The highest BCUT2D eigenvalue weighted by atomic mass is 15.0. The summed E-state index contributed by atoms with van der Waals surface area (Å²) in [5, 5.41) is 2.56. The monoisotopic (exact) mass is 824 g/mol. The first-order valence-corrected chi connectivity index (χ1v) is 22.6. The first-order valence-electron chi connectivity index (χ1n) is 22.6. The molecule has 8 aromatic carbocycles. The van der Waals surface area contributed by atoms with Gasteiger partial charge in [0, 0.05) is 33.2 Å². The predicted molar refractivity (Wildman–Crippen MR) is 263 cm³/mol. The fourth-order valence-electron chi connectivity index (χ4n) is 11.0. The van der Waals surface area contributed by atoms with Crippen molar-refractivity contribution in [1.82, 2.24) is 19.5 Å². The zero-order valence-electron chi connectivity index (χ0n) is 36.7. The zero-order chi connectivity index (χ0) is 43.2. The molecule has 2 aromatic heterocycles. The highest BCUT2D eigenvalue weighted by Gasteiger charge is 2.46. The molecular weight excluding hydrogens is 777 g/mol. The number of rotatable bonds is 6. The van der Waals surface area contributed by atoms with Gasteiger partial charge < -0.3 is 4.57 Å². The zero-order valence-corrected chi connectivity index (χ0v) is 36.7. The SMILES string of the molecule is CC1(C)CCC(C)(C)c2cc3c(cc21)c1ccccc1n3-c1cccc(-c2nc(-c3ccccc3)nc(-c3ccc4c(c3)C(c3ccccc3)(c3ccccc3)c3ccccc3-4)n2)c1. The van der Waals surface area contributed by atoms with Gasteiger partial charge in [0.1, 0.15) is 0 Å². The van der Waals surface area contributed by atoms with Crippen LogP contribution in [0.4, 0.5) is 0 Å². The first-order chi connectivity index (χ1) is 31.2. The van der Waals surface area contributed by atoms with Gasteiger partial charge >= 0.3 is 0 Å². The molecule has 10 aromatic rings. The molecule has 4 nitrogen and oxygen atoms in total. The number of para-hydroxylation sites is 1. The molecule has 308 valence electrons. The van der Waals surface area contributed by atoms with Crippen molar-refractivity contribution in [3.63, 3.8) is 0 Å². The molecule has 0 saturated heterocycles. The Kier molecular flexibility index (Phi) is 8.55. The Morgan fingerprint density at radius 3 is 1.59 bits per heavy atom. The van der Waals surface area contributed by atoms with Gasteiger partial charge in [-0.1, -0.05) is 185 Å². The van der Waals surface area contributed by atoms with E-state index in [1.54, 1.807) is 0 Å². The van der Waals surface area contributed by atoms with Gasteiger partial charge in [0.15, 0.2) is 17.5 Å². The molecule has 0 aliphatic heterocycles. The first kappa shape index (κ1) is 38.3. The number of nitrogens with zero attached hydrogens (tertiary/aromatic N) is 4. The van der Waals surface area contributed by atoms with Crippen LogP contribution in [0.1, 0.15) is 73.9 Å². The molecule has 12 rings (SSSR count). The summed E-state index contributed by atoms with van der Waals surface area (Å²) in [5.41, 5.74) is 16.3. The van der Waals surface area contributed by atoms with E-state index in [-0.39, 0.29) is 10.8 Å². The lowest BCUT2D eigenvalue weighted by Crippen LogP contribution is -2.33.